The first-order valence-electron chi connectivity index (χ1n) is 9.40. The number of hydrogen-bond donors (Lipinski definition) is 3. The Bertz CT molecular complexity index is 1270. The fraction of sp³-hybridized carbons (Fsp3) is 0.238. The van der Waals surface area contributed by atoms with Crippen molar-refractivity contribution in [2.75, 3.05) is 5.32 Å². The van der Waals surface area contributed by atoms with Gasteiger partial charge >= 0.3 is 0 Å². The second kappa shape index (κ2) is 7.18. The second-order valence-corrected chi connectivity index (χ2v) is 7.26. The normalized spacial score (nSPS) is 11.2. The van der Waals surface area contributed by atoms with Gasteiger partial charge < -0.3 is 20.7 Å². The van der Waals surface area contributed by atoms with Gasteiger partial charge in [-0.05, 0) is 51.0 Å². The molecule has 1 amide bonds. The Morgan fingerprint density at radius 2 is 2.00 bits per heavy atom. The van der Waals surface area contributed by atoms with Crippen LogP contribution in [-0.4, -0.2) is 30.7 Å². The molecule has 0 bridgehead atoms. The Kier molecular flexibility index (Phi) is 4.65. The van der Waals surface area contributed by atoms with Crippen LogP contribution in [0, 0.1) is 27.7 Å². The fourth-order valence-electron chi connectivity index (χ4n) is 3.63. The molecule has 0 atom stereocenters. The van der Waals surface area contributed by atoms with Crippen molar-refractivity contribution in [3.05, 3.63) is 58.4 Å². The van der Waals surface area contributed by atoms with E-state index in [1.54, 1.807) is 6.07 Å². The number of anilines is 1. The van der Waals surface area contributed by atoms with Gasteiger partial charge in [0.05, 0.1) is 17.8 Å². The number of carbonyl (C=O) groups excluding carboxylic acids is 1. The summed E-state index contributed by atoms with van der Waals surface area (Å²) in [5.74, 6) is 0.435. The number of rotatable bonds is 5. The van der Waals surface area contributed by atoms with Gasteiger partial charge in [0.25, 0.3) is 5.91 Å². The van der Waals surface area contributed by atoms with Crippen LogP contribution in [0.15, 0.2) is 29.1 Å². The largest absolute Gasteiger partial charge is 0.508 e. The van der Waals surface area contributed by atoms with Crippen LogP contribution in [0.1, 0.15) is 38.6 Å². The first-order valence-corrected chi connectivity index (χ1v) is 9.40. The highest BCUT2D eigenvalue weighted by Gasteiger charge is 2.26. The molecule has 0 saturated heterocycles. The summed E-state index contributed by atoms with van der Waals surface area (Å²) in [6.45, 7) is 7.80. The Hall–Kier alpha value is -3.88. The highest BCUT2D eigenvalue weighted by atomic mass is 16.5. The van der Waals surface area contributed by atoms with Crippen molar-refractivity contribution in [1.29, 1.82) is 0 Å². The van der Waals surface area contributed by atoms with E-state index in [-0.39, 0.29) is 12.3 Å². The molecule has 9 nitrogen and oxygen atoms in total. The van der Waals surface area contributed by atoms with E-state index in [9.17, 15) is 9.90 Å². The minimum atomic E-state index is -0.588. The van der Waals surface area contributed by atoms with E-state index in [1.165, 1.54) is 6.39 Å². The molecule has 0 saturated carbocycles. The third-order valence-corrected chi connectivity index (χ3v) is 5.28. The van der Waals surface area contributed by atoms with Gasteiger partial charge in [-0.3, -0.25) is 9.36 Å². The molecular formula is C21H22N6O3. The molecule has 9 heteroatoms. The molecule has 0 radical (unpaired) electrons. The lowest BCUT2D eigenvalue weighted by Gasteiger charge is -2.18. The van der Waals surface area contributed by atoms with Gasteiger partial charge in [0.15, 0.2) is 5.82 Å². The summed E-state index contributed by atoms with van der Waals surface area (Å²) in [4.78, 5) is 21.3. The number of pyridine rings is 1. The molecule has 4 rings (SSSR count). The Morgan fingerprint density at radius 3 is 2.67 bits per heavy atom. The van der Waals surface area contributed by atoms with Gasteiger partial charge in [0.2, 0.25) is 6.39 Å². The summed E-state index contributed by atoms with van der Waals surface area (Å²) in [5.41, 5.74) is 10.7. The van der Waals surface area contributed by atoms with Gasteiger partial charge in [-0.25, -0.2) is 4.98 Å². The fourth-order valence-corrected chi connectivity index (χ4v) is 3.63. The molecule has 154 valence electrons. The first-order chi connectivity index (χ1) is 14.3. The molecule has 0 aliphatic heterocycles. The first kappa shape index (κ1) is 19.4. The third-order valence-electron chi connectivity index (χ3n) is 5.28. The van der Waals surface area contributed by atoms with E-state index in [0.717, 1.165) is 22.5 Å². The zero-order valence-corrected chi connectivity index (χ0v) is 17.1. The van der Waals surface area contributed by atoms with Crippen LogP contribution in [-0.2, 0) is 6.54 Å². The van der Waals surface area contributed by atoms with E-state index in [2.05, 4.69) is 15.5 Å². The van der Waals surface area contributed by atoms with Gasteiger partial charge in [0, 0.05) is 16.6 Å². The lowest BCUT2D eigenvalue weighted by atomic mass is 10.1. The number of phenolic OH excluding ortho intramolecular Hbond substituents is 1. The van der Waals surface area contributed by atoms with E-state index < -0.39 is 5.91 Å². The zero-order chi connectivity index (χ0) is 21.6. The minimum Gasteiger partial charge on any atom is -0.508 e. The highest BCUT2D eigenvalue weighted by Crippen LogP contribution is 2.37. The molecule has 30 heavy (non-hydrogen) atoms. The van der Waals surface area contributed by atoms with Crippen molar-refractivity contribution < 1.29 is 14.4 Å². The van der Waals surface area contributed by atoms with Crippen LogP contribution < -0.4 is 11.1 Å². The summed E-state index contributed by atoms with van der Waals surface area (Å²) in [6.07, 6.45) is 1.24. The van der Waals surface area contributed by atoms with Crippen molar-refractivity contribution in [2.45, 2.75) is 34.2 Å². The van der Waals surface area contributed by atoms with Crippen LogP contribution in [0.2, 0.25) is 0 Å². The number of aromatic hydroxyl groups is 1. The predicted molar refractivity (Wildman–Crippen MR) is 112 cm³/mol. The Morgan fingerprint density at radius 1 is 1.23 bits per heavy atom. The topological polar surface area (TPSA) is 132 Å². The summed E-state index contributed by atoms with van der Waals surface area (Å²) in [6, 6.07) is 5.36. The number of nitrogens with zero attached hydrogens (tertiary/aromatic N) is 4. The summed E-state index contributed by atoms with van der Waals surface area (Å²) in [5, 5.41) is 18.0. The molecular weight excluding hydrogens is 384 g/mol. The summed E-state index contributed by atoms with van der Waals surface area (Å²) in [7, 11) is 0. The summed E-state index contributed by atoms with van der Waals surface area (Å²) < 4.78 is 6.62. The average Bonchev–Trinajstić information content (AvgIpc) is 3.31. The van der Waals surface area contributed by atoms with Crippen molar-refractivity contribution >= 4 is 22.8 Å². The summed E-state index contributed by atoms with van der Waals surface area (Å²) >= 11 is 0. The highest BCUT2D eigenvalue weighted by molar-refractivity contribution is 6.11. The zero-order valence-electron chi connectivity index (χ0n) is 17.1. The number of phenols is 1. The molecule has 0 unspecified atom stereocenters. The monoisotopic (exact) mass is 406 g/mol. The van der Waals surface area contributed by atoms with Gasteiger partial charge in [-0.15, -0.1) is 0 Å². The molecule has 3 heterocycles. The number of primary amides is 1. The van der Waals surface area contributed by atoms with E-state index in [0.29, 0.717) is 33.8 Å². The van der Waals surface area contributed by atoms with E-state index >= 15 is 0 Å². The molecule has 0 spiro atoms. The van der Waals surface area contributed by atoms with Crippen LogP contribution >= 0.6 is 0 Å². The second-order valence-electron chi connectivity index (χ2n) is 7.26. The molecule has 3 aromatic heterocycles. The van der Waals surface area contributed by atoms with Crippen molar-refractivity contribution in [3.8, 4) is 11.4 Å². The van der Waals surface area contributed by atoms with E-state index in [1.807, 2.05) is 44.4 Å². The van der Waals surface area contributed by atoms with E-state index in [4.69, 9.17) is 15.2 Å². The maximum Gasteiger partial charge on any atom is 0.253 e. The number of hydrogen-bond acceptors (Lipinski definition) is 7. The number of aryl methyl sites for hydroxylation is 3. The number of amides is 1. The van der Waals surface area contributed by atoms with Crippen molar-refractivity contribution in [2.24, 2.45) is 5.73 Å². The van der Waals surface area contributed by atoms with Crippen LogP contribution in [0.4, 0.5) is 5.82 Å². The number of nitrogens with two attached hydrogens (primary N) is 1. The quantitative estimate of drug-likeness (QED) is 0.464. The van der Waals surface area contributed by atoms with Crippen LogP contribution in [0.3, 0.4) is 0 Å². The SMILES string of the molecule is Cc1cc2c(C(N)=O)c(NCc3ncon3)n(-c3c(C)ccc(O)c3C)c2nc1C. The number of benzene rings is 1. The Labute approximate surface area is 172 Å². The molecule has 0 aliphatic carbocycles. The molecule has 0 fully saturated rings. The maximum atomic E-state index is 12.5. The lowest BCUT2D eigenvalue weighted by molar-refractivity contribution is 0.100. The Balaban J connectivity index is 2.09. The van der Waals surface area contributed by atoms with Crippen LogP contribution in [0.25, 0.3) is 16.7 Å². The van der Waals surface area contributed by atoms with Gasteiger partial charge in [0.1, 0.15) is 17.2 Å². The van der Waals surface area contributed by atoms with Crippen molar-refractivity contribution in [1.82, 2.24) is 19.7 Å². The number of nitrogens with one attached hydrogen (secondary N) is 1. The smallest absolute Gasteiger partial charge is 0.253 e. The van der Waals surface area contributed by atoms with Crippen LogP contribution in [0.5, 0.6) is 5.75 Å². The van der Waals surface area contributed by atoms with Gasteiger partial charge in [-0.1, -0.05) is 11.2 Å². The minimum absolute atomic E-state index is 0.144. The molecule has 4 N–H and O–H groups in total. The standard InChI is InChI=1S/C21H22N6O3/c1-10-5-6-15(28)12(3)18(10)27-20-14(7-11(2)13(4)25-20)17(19(22)29)21(27)23-8-16-24-9-30-26-16/h5-7,9,23,28H,8H2,1-4H3,(H2,22,29). The third kappa shape index (κ3) is 3.04. The molecule has 0 aliphatic rings. The number of aromatic nitrogens is 4. The maximum absolute atomic E-state index is 12.5. The average molecular weight is 406 g/mol. The van der Waals surface area contributed by atoms with Gasteiger partial charge in [-0.2, -0.15) is 4.98 Å². The van der Waals surface area contributed by atoms with Crippen molar-refractivity contribution in [3.63, 3.8) is 0 Å². The molecule has 1 aromatic carbocycles. The number of carbonyl (C=O) groups is 1. The number of fused-ring (bicyclic) bond motifs is 1. The molecule has 4 aromatic rings. The lowest BCUT2D eigenvalue weighted by Crippen LogP contribution is -2.16. The predicted octanol–water partition coefficient (Wildman–Crippen LogP) is 3.06.